The minimum atomic E-state index is -0.514. The average Bonchev–Trinajstić information content (AvgIpc) is 3.19. The van der Waals surface area contributed by atoms with Crippen LogP contribution in [0, 0.1) is 19.8 Å². The number of carbonyl (C=O) groups excluding carboxylic acids is 3. The molecule has 1 aliphatic carbocycles. The van der Waals surface area contributed by atoms with Crippen LogP contribution in [0.15, 0.2) is 22.7 Å². The minimum absolute atomic E-state index is 0.106. The molecule has 0 spiro atoms. The predicted molar refractivity (Wildman–Crippen MR) is 114 cm³/mol. The van der Waals surface area contributed by atoms with Crippen molar-refractivity contribution in [2.45, 2.75) is 52.1 Å². The summed E-state index contributed by atoms with van der Waals surface area (Å²) in [6.45, 7) is 3.31. The predicted octanol–water partition coefficient (Wildman–Crippen LogP) is 2.66. The van der Waals surface area contributed by atoms with Crippen LogP contribution in [-0.4, -0.2) is 57.5 Å². The van der Waals surface area contributed by atoms with Gasteiger partial charge in [0.1, 0.15) is 18.8 Å². The third-order valence-electron chi connectivity index (χ3n) is 6.00. The summed E-state index contributed by atoms with van der Waals surface area (Å²) in [6.07, 6.45) is 3.19. The molecule has 1 aromatic heterocycles. The minimum Gasteiger partial charge on any atom is -0.495 e. The Bertz CT molecular complexity index is 1040. The van der Waals surface area contributed by atoms with E-state index in [4.69, 9.17) is 9.26 Å². The van der Waals surface area contributed by atoms with Gasteiger partial charge in [-0.15, -0.1) is 0 Å². The molecule has 10 nitrogen and oxygen atoms in total. The molecule has 1 aromatic carbocycles. The van der Waals surface area contributed by atoms with E-state index in [2.05, 4.69) is 15.5 Å². The highest BCUT2D eigenvalue weighted by atomic mass is 16.5. The zero-order chi connectivity index (χ0) is 22.8. The molecule has 2 aromatic rings. The number of ether oxygens (including phenoxy) is 1. The number of imide groups is 1. The van der Waals surface area contributed by atoms with Crippen molar-refractivity contribution in [3.05, 3.63) is 35.5 Å². The Morgan fingerprint density at radius 3 is 2.75 bits per heavy atom. The lowest BCUT2D eigenvalue weighted by Crippen LogP contribution is -2.63. The summed E-state index contributed by atoms with van der Waals surface area (Å²) in [6, 6.07) is 4.67. The summed E-state index contributed by atoms with van der Waals surface area (Å²) in [5.74, 6) is 0.213. The standard InChI is InChI=1S/C22H27N5O5/c1-13-8-9-18(31-3)16(10-13)24-19(28)11-26-17-7-5-4-6-15(17)21(29)27(22(26)30)12-20-23-14(2)25-32-20/h8-10,15,17H,4-7,11-12H2,1-3H3,(H,24,28). The number of fused-ring (bicyclic) bond motifs is 1. The zero-order valence-corrected chi connectivity index (χ0v) is 18.5. The van der Waals surface area contributed by atoms with Crippen LogP contribution in [0.25, 0.3) is 0 Å². The number of nitrogens with one attached hydrogen (secondary N) is 1. The maximum Gasteiger partial charge on any atom is 0.327 e. The third-order valence-corrected chi connectivity index (χ3v) is 6.00. The van der Waals surface area contributed by atoms with Gasteiger partial charge in [0.05, 0.1) is 18.7 Å². The molecule has 2 heterocycles. The first-order valence-corrected chi connectivity index (χ1v) is 10.7. The lowest BCUT2D eigenvalue weighted by molar-refractivity contribution is -0.142. The second kappa shape index (κ2) is 8.97. The van der Waals surface area contributed by atoms with Crippen LogP contribution >= 0.6 is 0 Å². The van der Waals surface area contributed by atoms with Gasteiger partial charge >= 0.3 is 6.03 Å². The number of benzene rings is 1. The highest BCUT2D eigenvalue weighted by molar-refractivity contribution is 6.01. The number of methoxy groups -OCH3 is 1. The molecule has 0 radical (unpaired) electrons. The molecule has 1 N–H and O–H groups in total. The van der Waals surface area contributed by atoms with Crippen molar-refractivity contribution in [2.24, 2.45) is 5.92 Å². The average molecular weight is 441 g/mol. The van der Waals surface area contributed by atoms with Crippen molar-refractivity contribution in [1.82, 2.24) is 19.9 Å². The molecule has 32 heavy (non-hydrogen) atoms. The number of aryl methyl sites for hydroxylation is 2. The maximum atomic E-state index is 13.3. The first-order valence-electron chi connectivity index (χ1n) is 10.7. The number of hydrogen-bond acceptors (Lipinski definition) is 7. The zero-order valence-electron chi connectivity index (χ0n) is 18.5. The van der Waals surface area contributed by atoms with Gasteiger partial charge in [0.15, 0.2) is 5.82 Å². The SMILES string of the molecule is COc1ccc(C)cc1NC(=O)CN1C(=O)N(Cc2nc(C)no2)C(=O)C2CCCCC21. The molecule has 2 aliphatic rings. The molecule has 2 fully saturated rings. The van der Waals surface area contributed by atoms with E-state index in [-0.39, 0.29) is 42.8 Å². The van der Waals surface area contributed by atoms with Crippen LogP contribution in [0.1, 0.15) is 43.0 Å². The Hall–Kier alpha value is -3.43. The molecular weight excluding hydrogens is 414 g/mol. The van der Waals surface area contributed by atoms with E-state index < -0.39 is 6.03 Å². The first kappa shape index (κ1) is 21.8. The van der Waals surface area contributed by atoms with Gasteiger partial charge in [-0.2, -0.15) is 4.98 Å². The van der Waals surface area contributed by atoms with E-state index in [0.29, 0.717) is 30.1 Å². The highest BCUT2D eigenvalue weighted by Crippen LogP contribution is 2.35. The van der Waals surface area contributed by atoms with Gasteiger partial charge in [-0.25, -0.2) is 4.79 Å². The highest BCUT2D eigenvalue weighted by Gasteiger charge is 2.47. The summed E-state index contributed by atoms with van der Waals surface area (Å²) in [7, 11) is 1.53. The topological polar surface area (TPSA) is 118 Å². The van der Waals surface area contributed by atoms with Crippen LogP contribution in [0.3, 0.4) is 0 Å². The summed E-state index contributed by atoms with van der Waals surface area (Å²) in [5.41, 5.74) is 1.51. The normalized spacial score (nSPS) is 20.8. The molecule has 170 valence electrons. The number of aromatic nitrogens is 2. The molecule has 1 aliphatic heterocycles. The van der Waals surface area contributed by atoms with Crippen LogP contribution in [0.5, 0.6) is 5.75 Å². The molecule has 4 amide bonds. The maximum absolute atomic E-state index is 13.3. The van der Waals surface area contributed by atoms with E-state index in [0.717, 1.165) is 23.3 Å². The molecule has 10 heteroatoms. The fraction of sp³-hybridized carbons (Fsp3) is 0.500. The third kappa shape index (κ3) is 4.30. The Labute approximate surface area is 185 Å². The first-order chi connectivity index (χ1) is 15.4. The van der Waals surface area contributed by atoms with Crippen molar-refractivity contribution in [3.8, 4) is 5.75 Å². The quantitative estimate of drug-likeness (QED) is 0.732. The van der Waals surface area contributed by atoms with Crippen molar-refractivity contribution in [2.75, 3.05) is 19.0 Å². The number of nitrogens with zero attached hydrogens (tertiary/aromatic N) is 4. The second-order valence-corrected chi connectivity index (χ2v) is 8.28. The summed E-state index contributed by atoms with van der Waals surface area (Å²) >= 11 is 0. The Morgan fingerprint density at radius 2 is 2.03 bits per heavy atom. The fourth-order valence-electron chi connectivity index (χ4n) is 4.50. The van der Waals surface area contributed by atoms with E-state index in [1.807, 2.05) is 19.1 Å². The molecule has 0 bridgehead atoms. The smallest absolute Gasteiger partial charge is 0.327 e. The molecule has 2 unspecified atom stereocenters. The van der Waals surface area contributed by atoms with Crippen LogP contribution in [0.2, 0.25) is 0 Å². The summed E-state index contributed by atoms with van der Waals surface area (Å²) < 4.78 is 10.4. The number of urea groups is 1. The molecular formula is C22H27N5O5. The van der Waals surface area contributed by atoms with Crippen LogP contribution in [0.4, 0.5) is 10.5 Å². The van der Waals surface area contributed by atoms with Gasteiger partial charge in [0, 0.05) is 6.04 Å². The Morgan fingerprint density at radius 1 is 1.25 bits per heavy atom. The second-order valence-electron chi connectivity index (χ2n) is 8.28. The van der Waals surface area contributed by atoms with Crippen molar-refractivity contribution in [1.29, 1.82) is 0 Å². The van der Waals surface area contributed by atoms with Crippen LogP contribution < -0.4 is 10.1 Å². The molecule has 2 atom stereocenters. The Balaban J connectivity index is 1.55. The lowest BCUT2D eigenvalue weighted by Gasteiger charge is -2.46. The van der Waals surface area contributed by atoms with Crippen molar-refractivity contribution in [3.63, 3.8) is 0 Å². The van der Waals surface area contributed by atoms with Crippen molar-refractivity contribution < 1.29 is 23.6 Å². The van der Waals surface area contributed by atoms with E-state index in [9.17, 15) is 14.4 Å². The van der Waals surface area contributed by atoms with E-state index in [1.54, 1.807) is 13.0 Å². The Kier molecular flexibility index (Phi) is 6.11. The largest absolute Gasteiger partial charge is 0.495 e. The molecule has 1 saturated carbocycles. The van der Waals surface area contributed by atoms with Gasteiger partial charge < -0.3 is 19.5 Å². The number of hydrogen-bond donors (Lipinski definition) is 1. The molecule has 1 saturated heterocycles. The molecule has 4 rings (SSSR count). The van der Waals surface area contributed by atoms with Gasteiger partial charge in [-0.05, 0) is 44.4 Å². The number of rotatable bonds is 6. The van der Waals surface area contributed by atoms with Gasteiger partial charge in [-0.1, -0.05) is 24.1 Å². The van der Waals surface area contributed by atoms with Gasteiger partial charge in [0.25, 0.3) is 0 Å². The number of carbonyl (C=O) groups is 3. The van der Waals surface area contributed by atoms with Gasteiger partial charge in [-0.3, -0.25) is 14.5 Å². The summed E-state index contributed by atoms with van der Waals surface area (Å²) in [5, 5.41) is 6.57. The van der Waals surface area contributed by atoms with Gasteiger partial charge in [0.2, 0.25) is 17.7 Å². The van der Waals surface area contributed by atoms with E-state index >= 15 is 0 Å². The summed E-state index contributed by atoms with van der Waals surface area (Å²) in [4.78, 5) is 46.1. The number of amides is 4. The van der Waals surface area contributed by atoms with Crippen molar-refractivity contribution >= 4 is 23.5 Å². The fourth-order valence-corrected chi connectivity index (χ4v) is 4.50. The monoisotopic (exact) mass is 441 g/mol. The van der Waals surface area contributed by atoms with E-state index in [1.165, 1.54) is 12.0 Å². The number of anilines is 1. The lowest BCUT2D eigenvalue weighted by atomic mass is 9.81. The van der Waals surface area contributed by atoms with Crippen LogP contribution in [-0.2, 0) is 16.1 Å².